The fraction of sp³-hybridized carbons (Fsp3) is 0.667. The molecule has 1 aromatic rings. The molecule has 1 fully saturated rings. The molecule has 0 aliphatic carbocycles. The fourth-order valence-electron chi connectivity index (χ4n) is 3.35. The molecule has 6 heteroatoms. The second-order valence-corrected chi connectivity index (χ2v) is 8.14. The fourth-order valence-corrected chi connectivity index (χ4v) is 4.80. The van der Waals surface area contributed by atoms with Crippen molar-refractivity contribution in [2.75, 3.05) is 32.7 Å². The first kappa shape index (κ1) is 19.4. The van der Waals surface area contributed by atoms with Crippen molar-refractivity contribution in [3.63, 3.8) is 0 Å². The molecule has 0 amide bonds. The van der Waals surface area contributed by atoms with Gasteiger partial charge in [0.25, 0.3) is 10.2 Å². The largest absolute Gasteiger partial charge is 0.302 e. The number of piperidine rings is 1. The topological polar surface area (TPSA) is 52.7 Å². The van der Waals surface area contributed by atoms with Crippen LogP contribution >= 0.6 is 0 Å². The van der Waals surface area contributed by atoms with Crippen LogP contribution in [0.15, 0.2) is 30.3 Å². The lowest BCUT2D eigenvalue weighted by Crippen LogP contribution is -2.51. The Balaban J connectivity index is 1.79. The molecule has 0 radical (unpaired) electrons. The van der Waals surface area contributed by atoms with Gasteiger partial charge >= 0.3 is 0 Å². The third kappa shape index (κ3) is 5.84. The van der Waals surface area contributed by atoms with Crippen LogP contribution in [0.25, 0.3) is 0 Å². The summed E-state index contributed by atoms with van der Waals surface area (Å²) in [7, 11) is -3.35. The van der Waals surface area contributed by atoms with E-state index in [1.54, 1.807) is 0 Å². The zero-order chi connectivity index (χ0) is 17.4. The van der Waals surface area contributed by atoms with Crippen LogP contribution in [0, 0.1) is 0 Å². The number of likely N-dealkylation sites (tertiary alicyclic amines) is 1. The molecule has 1 atom stereocenters. The standard InChI is InChI=1S/C18H31N3O2S/c1-3-21(4-2)24(22,23)19-18-13-9-15-20(16-18)14-8-12-17-10-6-5-7-11-17/h5-7,10-11,18-19H,3-4,8-9,12-16H2,1-2H3/t18-/m1/s1. The summed E-state index contributed by atoms with van der Waals surface area (Å²) >= 11 is 0. The van der Waals surface area contributed by atoms with E-state index in [0.29, 0.717) is 13.1 Å². The number of nitrogens with one attached hydrogen (secondary N) is 1. The molecule has 1 saturated heterocycles. The highest BCUT2D eigenvalue weighted by Crippen LogP contribution is 2.13. The van der Waals surface area contributed by atoms with Crippen molar-refractivity contribution < 1.29 is 8.42 Å². The van der Waals surface area contributed by atoms with Gasteiger partial charge in [0.15, 0.2) is 0 Å². The van der Waals surface area contributed by atoms with E-state index in [9.17, 15) is 8.42 Å². The van der Waals surface area contributed by atoms with Crippen LogP contribution < -0.4 is 4.72 Å². The molecule has 24 heavy (non-hydrogen) atoms. The number of nitrogens with zero attached hydrogens (tertiary/aromatic N) is 2. The molecule has 136 valence electrons. The molecule has 1 N–H and O–H groups in total. The predicted octanol–water partition coefficient (Wildman–Crippen LogP) is 2.26. The van der Waals surface area contributed by atoms with Gasteiger partial charge in [-0.3, -0.25) is 0 Å². The maximum atomic E-state index is 12.4. The number of hydrogen-bond acceptors (Lipinski definition) is 3. The van der Waals surface area contributed by atoms with E-state index in [2.05, 4.69) is 33.9 Å². The van der Waals surface area contributed by atoms with Crippen molar-refractivity contribution in [1.82, 2.24) is 13.9 Å². The van der Waals surface area contributed by atoms with Crippen LogP contribution in [-0.2, 0) is 16.6 Å². The van der Waals surface area contributed by atoms with Gasteiger partial charge in [0.05, 0.1) is 0 Å². The molecule has 0 unspecified atom stereocenters. The summed E-state index contributed by atoms with van der Waals surface area (Å²) in [6.45, 7) is 7.68. The number of aryl methyl sites for hydroxylation is 1. The van der Waals surface area contributed by atoms with Gasteiger partial charge in [-0.25, -0.2) is 0 Å². The van der Waals surface area contributed by atoms with Crippen LogP contribution in [0.2, 0.25) is 0 Å². The average Bonchev–Trinajstić information content (AvgIpc) is 2.56. The van der Waals surface area contributed by atoms with E-state index in [-0.39, 0.29) is 6.04 Å². The molecule has 2 rings (SSSR count). The van der Waals surface area contributed by atoms with Crippen LogP contribution in [0.1, 0.15) is 38.7 Å². The molecule has 1 aliphatic rings. The zero-order valence-electron chi connectivity index (χ0n) is 14.9. The highest BCUT2D eigenvalue weighted by atomic mass is 32.2. The Morgan fingerprint density at radius 3 is 2.58 bits per heavy atom. The lowest BCUT2D eigenvalue weighted by atomic mass is 10.1. The van der Waals surface area contributed by atoms with Crippen molar-refractivity contribution in [3.8, 4) is 0 Å². The molecule has 0 saturated carbocycles. The van der Waals surface area contributed by atoms with Gasteiger partial charge in [0, 0.05) is 25.7 Å². The summed E-state index contributed by atoms with van der Waals surface area (Å²) in [5.41, 5.74) is 1.37. The minimum absolute atomic E-state index is 0.0288. The molecular weight excluding hydrogens is 322 g/mol. The first-order chi connectivity index (χ1) is 11.5. The maximum absolute atomic E-state index is 12.4. The molecule has 0 bridgehead atoms. The Bertz CT molecular complexity index is 573. The van der Waals surface area contributed by atoms with Crippen LogP contribution in [0.5, 0.6) is 0 Å². The van der Waals surface area contributed by atoms with E-state index < -0.39 is 10.2 Å². The van der Waals surface area contributed by atoms with E-state index in [1.807, 2.05) is 19.9 Å². The normalized spacial score (nSPS) is 19.7. The summed E-state index contributed by atoms with van der Waals surface area (Å²) in [6, 6.07) is 10.6. The second kappa shape index (κ2) is 9.51. The summed E-state index contributed by atoms with van der Waals surface area (Å²) in [5.74, 6) is 0. The number of hydrogen-bond donors (Lipinski definition) is 1. The SMILES string of the molecule is CCN(CC)S(=O)(=O)N[C@@H]1CCCN(CCCc2ccccc2)C1. The summed E-state index contributed by atoms with van der Waals surface area (Å²) in [5, 5.41) is 0. The van der Waals surface area contributed by atoms with Gasteiger partial charge < -0.3 is 4.90 Å². The lowest BCUT2D eigenvalue weighted by molar-refractivity contribution is 0.198. The first-order valence-corrected chi connectivity index (χ1v) is 10.5. The minimum atomic E-state index is -3.35. The maximum Gasteiger partial charge on any atom is 0.279 e. The predicted molar refractivity (Wildman–Crippen MR) is 99.2 cm³/mol. The second-order valence-electron chi connectivity index (χ2n) is 6.44. The van der Waals surface area contributed by atoms with Crippen LogP contribution in [-0.4, -0.2) is 56.4 Å². The number of benzene rings is 1. The zero-order valence-corrected chi connectivity index (χ0v) is 15.8. The Morgan fingerprint density at radius 2 is 1.92 bits per heavy atom. The van der Waals surface area contributed by atoms with Crippen molar-refractivity contribution in [2.45, 2.75) is 45.6 Å². The van der Waals surface area contributed by atoms with Gasteiger partial charge in [-0.1, -0.05) is 44.2 Å². The van der Waals surface area contributed by atoms with Crippen molar-refractivity contribution in [3.05, 3.63) is 35.9 Å². The molecule has 1 aliphatic heterocycles. The average molecular weight is 354 g/mol. The van der Waals surface area contributed by atoms with E-state index >= 15 is 0 Å². The summed E-state index contributed by atoms with van der Waals surface area (Å²) in [4.78, 5) is 2.39. The number of rotatable bonds is 9. The van der Waals surface area contributed by atoms with E-state index in [4.69, 9.17) is 0 Å². The Morgan fingerprint density at radius 1 is 1.21 bits per heavy atom. The molecule has 0 spiro atoms. The third-order valence-electron chi connectivity index (χ3n) is 4.65. The summed E-state index contributed by atoms with van der Waals surface area (Å²) in [6.07, 6.45) is 4.17. The molecular formula is C18H31N3O2S. The van der Waals surface area contributed by atoms with Gasteiger partial charge in [0.1, 0.15) is 0 Å². The minimum Gasteiger partial charge on any atom is -0.302 e. The molecule has 1 heterocycles. The highest BCUT2D eigenvalue weighted by Gasteiger charge is 2.26. The Hall–Kier alpha value is -0.950. The molecule has 1 aromatic carbocycles. The van der Waals surface area contributed by atoms with Gasteiger partial charge in [-0.15, -0.1) is 0 Å². The van der Waals surface area contributed by atoms with Crippen molar-refractivity contribution in [2.24, 2.45) is 0 Å². The van der Waals surface area contributed by atoms with Crippen LogP contribution in [0.4, 0.5) is 0 Å². The quantitative estimate of drug-likeness (QED) is 0.741. The lowest BCUT2D eigenvalue weighted by Gasteiger charge is -2.34. The van der Waals surface area contributed by atoms with E-state index in [1.165, 1.54) is 9.87 Å². The van der Waals surface area contributed by atoms with Gasteiger partial charge in [-0.2, -0.15) is 17.4 Å². The first-order valence-electron chi connectivity index (χ1n) is 9.08. The van der Waals surface area contributed by atoms with Crippen LogP contribution in [0.3, 0.4) is 0 Å². The summed E-state index contributed by atoms with van der Waals surface area (Å²) < 4.78 is 29.1. The van der Waals surface area contributed by atoms with Crippen molar-refractivity contribution >= 4 is 10.2 Å². The monoisotopic (exact) mass is 353 g/mol. The molecule has 0 aromatic heterocycles. The van der Waals surface area contributed by atoms with E-state index in [0.717, 1.165) is 45.3 Å². The van der Waals surface area contributed by atoms with Gasteiger partial charge in [0.2, 0.25) is 0 Å². The third-order valence-corrected chi connectivity index (χ3v) is 6.48. The Kier molecular flexibility index (Phi) is 7.68. The van der Waals surface area contributed by atoms with Crippen molar-refractivity contribution in [1.29, 1.82) is 0 Å². The highest BCUT2D eigenvalue weighted by molar-refractivity contribution is 7.87. The molecule has 5 nitrogen and oxygen atoms in total. The van der Waals surface area contributed by atoms with Gasteiger partial charge in [-0.05, 0) is 44.3 Å². The smallest absolute Gasteiger partial charge is 0.279 e. The Labute approximate surface area is 147 Å².